The molecule has 0 aliphatic heterocycles. The first-order valence-corrected chi connectivity index (χ1v) is 9.10. The SMILES string of the molecule is O=C(O)Cc1sc(/C=C/c2ccc(Cl)cc2Cl)nc1-c1ccc(F)cc1. The molecule has 0 fully saturated rings. The van der Waals surface area contributed by atoms with E-state index in [2.05, 4.69) is 4.98 Å². The maximum Gasteiger partial charge on any atom is 0.308 e. The number of hydrogen-bond donors (Lipinski definition) is 1. The van der Waals surface area contributed by atoms with Gasteiger partial charge in [-0.3, -0.25) is 4.79 Å². The first-order chi connectivity index (χ1) is 12.4. The van der Waals surface area contributed by atoms with Crippen LogP contribution in [0.1, 0.15) is 15.4 Å². The van der Waals surface area contributed by atoms with Crippen molar-refractivity contribution in [3.8, 4) is 11.3 Å². The van der Waals surface area contributed by atoms with Crippen LogP contribution < -0.4 is 0 Å². The molecular weight excluding hydrogens is 396 g/mol. The fourth-order valence-corrected chi connectivity index (χ4v) is 3.78. The lowest BCUT2D eigenvalue weighted by Crippen LogP contribution is -1.99. The standard InChI is InChI=1S/C19H12Cl2FNO2S/c20-13-5-1-11(15(21)9-13)4-8-17-23-19(16(26-17)10-18(24)25)12-2-6-14(22)7-3-12/h1-9H,10H2,(H,24,25)/b8-4+. The molecule has 7 heteroatoms. The van der Waals surface area contributed by atoms with E-state index in [-0.39, 0.29) is 12.2 Å². The number of aromatic nitrogens is 1. The number of thiazole rings is 1. The molecule has 3 rings (SSSR count). The fourth-order valence-electron chi connectivity index (χ4n) is 2.33. The zero-order valence-corrected chi connectivity index (χ0v) is 15.6. The molecule has 0 aliphatic rings. The van der Waals surface area contributed by atoms with Gasteiger partial charge in [0.2, 0.25) is 0 Å². The molecule has 0 saturated heterocycles. The van der Waals surface area contributed by atoms with Crippen LogP contribution in [0.15, 0.2) is 42.5 Å². The lowest BCUT2D eigenvalue weighted by Gasteiger charge is -2.00. The molecule has 2 aromatic carbocycles. The lowest BCUT2D eigenvalue weighted by molar-refractivity contribution is -0.136. The zero-order valence-electron chi connectivity index (χ0n) is 13.2. The van der Waals surface area contributed by atoms with E-state index in [1.165, 1.54) is 23.5 Å². The predicted molar refractivity (Wildman–Crippen MR) is 104 cm³/mol. The van der Waals surface area contributed by atoms with Gasteiger partial charge in [-0.1, -0.05) is 35.3 Å². The topological polar surface area (TPSA) is 50.2 Å². The fraction of sp³-hybridized carbons (Fsp3) is 0.0526. The van der Waals surface area contributed by atoms with Crippen molar-refractivity contribution in [2.75, 3.05) is 0 Å². The van der Waals surface area contributed by atoms with Crippen LogP contribution in [0, 0.1) is 5.82 Å². The van der Waals surface area contributed by atoms with Gasteiger partial charge < -0.3 is 5.11 Å². The summed E-state index contributed by atoms with van der Waals surface area (Å²) in [6, 6.07) is 11.0. The minimum atomic E-state index is -0.951. The number of hydrogen-bond acceptors (Lipinski definition) is 3. The Bertz CT molecular complexity index is 984. The molecule has 0 radical (unpaired) electrons. The Morgan fingerprint density at radius 1 is 1.15 bits per heavy atom. The van der Waals surface area contributed by atoms with E-state index in [0.717, 1.165) is 5.56 Å². The summed E-state index contributed by atoms with van der Waals surface area (Å²) in [5.74, 6) is -1.31. The highest BCUT2D eigenvalue weighted by atomic mass is 35.5. The molecule has 132 valence electrons. The molecule has 3 nitrogen and oxygen atoms in total. The highest BCUT2D eigenvalue weighted by molar-refractivity contribution is 7.13. The van der Waals surface area contributed by atoms with Gasteiger partial charge in [0, 0.05) is 20.5 Å². The summed E-state index contributed by atoms with van der Waals surface area (Å²) in [7, 11) is 0. The maximum atomic E-state index is 13.1. The molecule has 0 bridgehead atoms. The van der Waals surface area contributed by atoms with Gasteiger partial charge in [-0.05, 0) is 48.0 Å². The second-order valence-corrected chi connectivity index (χ2v) is 7.36. The average molecular weight is 408 g/mol. The molecule has 1 N–H and O–H groups in total. The first kappa shape index (κ1) is 18.6. The van der Waals surface area contributed by atoms with Crippen molar-refractivity contribution >= 4 is 52.7 Å². The average Bonchev–Trinajstić information content (AvgIpc) is 2.97. The van der Waals surface area contributed by atoms with Crippen LogP contribution in [0.5, 0.6) is 0 Å². The van der Waals surface area contributed by atoms with Crippen molar-refractivity contribution in [1.82, 2.24) is 4.98 Å². The minimum Gasteiger partial charge on any atom is -0.481 e. The highest BCUT2D eigenvalue weighted by Gasteiger charge is 2.15. The molecular formula is C19H12Cl2FNO2S. The van der Waals surface area contributed by atoms with Gasteiger partial charge in [0.25, 0.3) is 0 Å². The van der Waals surface area contributed by atoms with Gasteiger partial charge in [-0.2, -0.15) is 0 Å². The van der Waals surface area contributed by atoms with Crippen molar-refractivity contribution in [1.29, 1.82) is 0 Å². The number of carboxylic acids is 1. The smallest absolute Gasteiger partial charge is 0.308 e. The van der Waals surface area contributed by atoms with Crippen LogP contribution >= 0.6 is 34.5 Å². The third-order valence-electron chi connectivity index (χ3n) is 3.51. The Balaban J connectivity index is 1.96. The summed E-state index contributed by atoms with van der Waals surface area (Å²) in [5.41, 5.74) is 1.98. The predicted octanol–water partition coefficient (Wildman–Crippen LogP) is 6.05. The van der Waals surface area contributed by atoms with Gasteiger partial charge in [-0.25, -0.2) is 9.37 Å². The van der Waals surface area contributed by atoms with Crippen LogP contribution in [-0.4, -0.2) is 16.1 Å². The lowest BCUT2D eigenvalue weighted by atomic mass is 10.1. The molecule has 0 atom stereocenters. The second kappa shape index (κ2) is 7.99. The van der Waals surface area contributed by atoms with Crippen molar-refractivity contribution in [3.63, 3.8) is 0 Å². The highest BCUT2D eigenvalue weighted by Crippen LogP contribution is 2.31. The first-order valence-electron chi connectivity index (χ1n) is 7.53. The van der Waals surface area contributed by atoms with Gasteiger partial charge in [0.1, 0.15) is 10.8 Å². The number of rotatable bonds is 5. The zero-order chi connectivity index (χ0) is 18.7. The van der Waals surface area contributed by atoms with E-state index >= 15 is 0 Å². The Labute approximate surface area is 163 Å². The molecule has 0 aliphatic carbocycles. The number of aliphatic carboxylic acids is 1. The summed E-state index contributed by atoms with van der Waals surface area (Å²) < 4.78 is 13.1. The number of carbonyl (C=O) groups is 1. The van der Waals surface area contributed by atoms with Crippen molar-refractivity contribution in [2.24, 2.45) is 0 Å². The van der Waals surface area contributed by atoms with Gasteiger partial charge >= 0.3 is 5.97 Å². The Kier molecular flexibility index (Phi) is 5.71. The van der Waals surface area contributed by atoms with Gasteiger partial charge in [-0.15, -0.1) is 11.3 Å². The minimum absolute atomic E-state index is 0.153. The van der Waals surface area contributed by atoms with Gasteiger partial charge in [0.05, 0.1) is 12.1 Å². The Hall–Kier alpha value is -2.21. The van der Waals surface area contributed by atoms with E-state index in [9.17, 15) is 9.18 Å². The normalized spacial score (nSPS) is 11.2. The summed E-state index contributed by atoms with van der Waals surface area (Å²) >= 11 is 13.3. The number of carboxylic acid groups (broad SMARTS) is 1. The maximum absolute atomic E-state index is 13.1. The van der Waals surface area contributed by atoms with Crippen LogP contribution in [0.25, 0.3) is 23.4 Å². The number of nitrogens with zero attached hydrogens (tertiary/aromatic N) is 1. The number of benzene rings is 2. The van der Waals surface area contributed by atoms with Crippen molar-refractivity contribution in [2.45, 2.75) is 6.42 Å². The van der Waals surface area contributed by atoms with Crippen LogP contribution in [0.3, 0.4) is 0 Å². The molecule has 1 heterocycles. The number of halogens is 3. The molecule has 3 aromatic rings. The molecule has 0 spiro atoms. The summed E-state index contributed by atoms with van der Waals surface area (Å²) in [4.78, 5) is 16.2. The third kappa shape index (κ3) is 4.49. The summed E-state index contributed by atoms with van der Waals surface area (Å²) in [6.45, 7) is 0. The third-order valence-corrected chi connectivity index (χ3v) is 5.09. The molecule has 0 unspecified atom stereocenters. The van der Waals surface area contributed by atoms with E-state index in [4.69, 9.17) is 28.3 Å². The van der Waals surface area contributed by atoms with Crippen LogP contribution in [-0.2, 0) is 11.2 Å². The summed E-state index contributed by atoms with van der Waals surface area (Å²) in [6.07, 6.45) is 3.40. The second-order valence-electron chi connectivity index (χ2n) is 5.40. The van der Waals surface area contributed by atoms with E-state index < -0.39 is 5.97 Å². The molecule has 1 aromatic heterocycles. The summed E-state index contributed by atoms with van der Waals surface area (Å²) in [5, 5.41) is 10.8. The molecule has 26 heavy (non-hydrogen) atoms. The van der Waals surface area contributed by atoms with Crippen molar-refractivity contribution in [3.05, 3.63) is 73.8 Å². The quantitative estimate of drug-likeness (QED) is 0.559. The van der Waals surface area contributed by atoms with Crippen molar-refractivity contribution < 1.29 is 14.3 Å². The van der Waals surface area contributed by atoms with E-state index in [1.54, 1.807) is 42.5 Å². The van der Waals surface area contributed by atoms with E-state index in [1.807, 2.05) is 0 Å². The van der Waals surface area contributed by atoms with Gasteiger partial charge in [0.15, 0.2) is 0 Å². The largest absolute Gasteiger partial charge is 0.481 e. The molecule has 0 saturated carbocycles. The van der Waals surface area contributed by atoms with Crippen LogP contribution in [0.4, 0.5) is 4.39 Å². The monoisotopic (exact) mass is 407 g/mol. The molecule has 0 amide bonds. The van der Waals surface area contributed by atoms with E-state index in [0.29, 0.717) is 31.2 Å². The van der Waals surface area contributed by atoms with Crippen LogP contribution in [0.2, 0.25) is 10.0 Å². The Morgan fingerprint density at radius 3 is 2.54 bits per heavy atom. The Morgan fingerprint density at radius 2 is 1.88 bits per heavy atom.